The molecule has 180 valence electrons. The molecule has 34 heavy (non-hydrogen) atoms. The Balaban J connectivity index is 1.49. The first kappa shape index (κ1) is 23.5. The van der Waals surface area contributed by atoms with Gasteiger partial charge in [-0.25, -0.2) is 14.3 Å². The molecule has 0 saturated carbocycles. The number of likely N-dealkylation sites (tertiary alicyclic amines) is 1. The Hall–Kier alpha value is -3.67. The second-order valence-corrected chi connectivity index (χ2v) is 9.35. The average molecular weight is 489 g/mol. The van der Waals surface area contributed by atoms with Gasteiger partial charge in [0.05, 0.1) is 17.9 Å². The molecule has 4 heterocycles. The van der Waals surface area contributed by atoms with E-state index in [1.54, 1.807) is 28.0 Å². The summed E-state index contributed by atoms with van der Waals surface area (Å²) in [6.45, 7) is 6.41. The summed E-state index contributed by atoms with van der Waals surface area (Å²) in [6.07, 6.45) is 5.34. The summed E-state index contributed by atoms with van der Waals surface area (Å²) >= 11 is 5.94. The highest BCUT2D eigenvalue weighted by Gasteiger charge is 2.29. The molecule has 12 nitrogen and oxygen atoms in total. The number of piperidine rings is 1. The minimum absolute atomic E-state index is 0.0645. The van der Waals surface area contributed by atoms with E-state index in [9.17, 15) is 14.4 Å². The van der Waals surface area contributed by atoms with Crippen LogP contribution in [0.5, 0.6) is 0 Å². The van der Waals surface area contributed by atoms with E-state index in [2.05, 4.69) is 20.5 Å². The molecule has 0 atom stereocenters. The Morgan fingerprint density at radius 2 is 1.94 bits per heavy atom. The van der Waals surface area contributed by atoms with Gasteiger partial charge in [-0.2, -0.15) is 10.2 Å². The summed E-state index contributed by atoms with van der Waals surface area (Å²) in [7, 11) is 0. The number of nitrogens with one attached hydrogen (secondary N) is 1. The molecule has 4 rings (SSSR count). The summed E-state index contributed by atoms with van der Waals surface area (Å²) in [5, 5.41) is 11.3. The van der Waals surface area contributed by atoms with E-state index < -0.39 is 17.4 Å². The van der Waals surface area contributed by atoms with Crippen molar-refractivity contribution in [2.45, 2.75) is 45.3 Å². The number of nitrogens with two attached hydrogens (primary N) is 1. The molecule has 3 N–H and O–H groups in total. The number of halogens is 1. The maximum atomic E-state index is 12.9. The Morgan fingerprint density at radius 1 is 1.24 bits per heavy atom. The number of rotatable bonds is 4. The molecule has 1 aliphatic heterocycles. The van der Waals surface area contributed by atoms with Crippen molar-refractivity contribution in [3.8, 4) is 0 Å². The average Bonchev–Trinajstić information content (AvgIpc) is 3.36. The second kappa shape index (κ2) is 8.93. The van der Waals surface area contributed by atoms with Crippen LogP contribution in [0.1, 0.15) is 60.5 Å². The Bertz CT molecular complexity index is 1250. The largest absolute Gasteiger partial charge is 0.444 e. The number of nitrogens with zero attached hydrogens (tertiary/aromatic N) is 6. The lowest BCUT2D eigenvalue weighted by molar-refractivity contribution is 0.0184. The fourth-order valence-electron chi connectivity index (χ4n) is 3.69. The van der Waals surface area contributed by atoms with E-state index in [-0.39, 0.29) is 39.9 Å². The normalized spacial score (nSPS) is 14.9. The molecule has 1 fully saturated rings. The molecule has 13 heteroatoms. The highest BCUT2D eigenvalue weighted by molar-refractivity contribution is 6.29. The lowest BCUT2D eigenvalue weighted by Crippen LogP contribution is -2.42. The van der Waals surface area contributed by atoms with E-state index in [0.29, 0.717) is 25.9 Å². The number of amides is 3. The first-order valence-corrected chi connectivity index (χ1v) is 11.1. The molecule has 0 radical (unpaired) electrons. The fourth-order valence-corrected chi connectivity index (χ4v) is 3.82. The van der Waals surface area contributed by atoms with Crippen molar-refractivity contribution in [3.63, 3.8) is 0 Å². The van der Waals surface area contributed by atoms with E-state index >= 15 is 0 Å². The number of hydrogen-bond acceptors (Lipinski definition) is 7. The molecule has 1 saturated heterocycles. The molecule has 0 unspecified atom stereocenters. The van der Waals surface area contributed by atoms with Crippen molar-refractivity contribution in [2.24, 2.45) is 5.73 Å². The van der Waals surface area contributed by atoms with E-state index in [0.717, 1.165) is 0 Å². The SMILES string of the molecule is CC(C)(C)OC(=O)N1CCC(n2cc(NC(=O)c3cnn4ccc(Cl)nc34)c(C(N)=O)n2)CC1. The van der Waals surface area contributed by atoms with Gasteiger partial charge in [0.15, 0.2) is 11.3 Å². The van der Waals surface area contributed by atoms with Crippen molar-refractivity contribution in [1.29, 1.82) is 0 Å². The van der Waals surface area contributed by atoms with Crippen LogP contribution in [0.25, 0.3) is 5.65 Å². The van der Waals surface area contributed by atoms with Crippen LogP contribution in [0.2, 0.25) is 5.15 Å². The van der Waals surface area contributed by atoms with Crippen molar-refractivity contribution < 1.29 is 19.1 Å². The van der Waals surface area contributed by atoms with Gasteiger partial charge in [-0.3, -0.25) is 14.3 Å². The second-order valence-electron chi connectivity index (χ2n) is 8.97. The molecular weight excluding hydrogens is 464 g/mol. The third-order valence-electron chi connectivity index (χ3n) is 5.28. The number of carbonyl (C=O) groups is 3. The van der Waals surface area contributed by atoms with Crippen LogP contribution in [0, 0.1) is 0 Å². The first-order valence-electron chi connectivity index (χ1n) is 10.7. The van der Waals surface area contributed by atoms with Crippen LogP contribution < -0.4 is 11.1 Å². The molecule has 1 aliphatic rings. The van der Waals surface area contributed by atoms with Gasteiger partial charge < -0.3 is 20.7 Å². The van der Waals surface area contributed by atoms with E-state index in [1.165, 1.54) is 10.7 Å². The number of anilines is 1. The van der Waals surface area contributed by atoms with Gasteiger partial charge in [-0.1, -0.05) is 11.6 Å². The van der Waals surface area contributed by atoms with Crippen molar-refractivity contribution >= 4 is 40.8 Å². The highest BCUT2D eigenvalue weighted by atomic mass is 35.5. The third kappa shape index (κ3) is 4.96. The quantitative estimate of drug-likeness (QED) is 0.535. The standard InChI is InChI=1S/C21H25ClN8O4/c1-21(2,3)34-20(33)28-7-4-12(5-8-28)30-11-14(16(27-30)17(23)31)25-19(32)13-10-24-29-9-6-15(22)26-18(13)29/h6,9-12H,4-5,7-8H2,1-3H3,(H2,23,31)(H,25,32). The minimum Gasteiger partial charge on any atom is -0.444 e. The smallest absolute Gasteiger partial charge is 0.410 e. The Labute approximate surface area is 200 Å². The lowest BCUT2D eigenvalue weighted by atomic mass is 10.1. The van der Waals surface area contributed by atoms with Crippen molar-refractivity contribution in [2.75, 3.05) is 18.4 Å². The highest BCUT2D eigenvalue weighted by Crippen LogP contribution is 2.26. The van der Waals surface area contributed by atoms with Crippen LogP contribution in [0.15, 0.2) is 24.7 Å². The molecule has 0 aromatic carbocycles. The lowest BCUT2D eigenvalue weighted by Gasteiger charge is -2.33. The third-order valence-corrected chi connectivity index (χ3v) is 5.49. The van der Waals surface area contributed by atoms with Gasteiger partial charge in [-0.15, -0.1) is 0 Å². The number of carbonyl (C=O) groups excluding carboxylic acids is 3. The van der Waals surface area contributed by atoms with Gasteiger partial charge in [-0.05, 0) is 39.7 Å². The van der Waals surface area contributed by atoms with Crippen LogP contribution in [0.3, 0.4) is 0 Å². The monoisotopic (exact) mass is 488 g/mol. The van der Waals surface area contributed by atoms with Gasteiger partial charge >= 0.3 is 6.09 Å². The molecule has 0 bridgehead atoms. The number of ether oxygens (including phenoxy) is 1. The molecule has 3 aromatic heterocycles. The minimum atomic E-state index is -0.777. The zero-order valence-electron chi connectivity index (χ0n) is 19.0. The maximum absolute atomic E-state index is 12.9. The molecule has 0 spiro atoms. The predicted octanol–water partition coefficient (Wildman–Crippen LogP) is 2.50. The first-order chi connectivity index (χ1) is 16.0. The van der Waals surface area contributed by atoms with Crippen LogP contribution in [0.4, 0.5) is 10.5 Å². The summed E-state index contributed by atoms with van der Waals surface area (Å²) in [5.41, 5.74) is 5.49. The number of primary amides is 1. The summed E-state index contributed by atoms with van der Waals surface area (Å²) in [4.78, 5) is 43.0. The Kier molecular flexibility index (Phi) is 6.17. The topological polar surface area (TPSA) is 150 Å². The van der Waals surface area contributed by atoms with Crippen LogP contribution in [-0.2, 0) is 4.74 Å². The summed E-state index contributed by atoms with van der Waals surface area (Å²) in [5.74, 6) is -1.31. The number of hydrogen-bond donors (Lipinski definition) is 2. The molecule has 0 aliphatic carbocycles. The van der Waals surface area contributed by atoms with Crippen LogP contribution >= 0.6 is 11.6 Å². The maximum Gasteiger partial charge on any atom is 0.410 e. The van der Waals surface area contributed by atoms with Crippen molar-refractivity contribution in [1.82, 2.24) is 29.3 Å². The van der Waals surface area contributed by atoms with E-state index in [4.69, 9.17) is 22.1 Å². The summed E-state index contributed by atoms with van der Waals surface area (Å²) < 4.78 is 8.44. The Morgan fingerprint density at radius 3 is 2.59 bits per heavy atom. The molecular formula is C21H25ClN8O4. The zero-order chi connectivity index (χ0) is 24.6. The molecule has 3 aromatic rings. The predicted molar refractivity (Wildman–Crippen MR) is 123 cm³/mol. The fraction of sp³-hybridized carbons (Fsp3) is 0.429. The van der Waals surface area contributed by atoms with Crippen molar-refractivity contribution in [3.05, 3.63) is 41.1 Å². The van der Waals surface area contributed by atoms with Gasteiger partial charge in [0.1, 0.15) is 16.3 Å². The van der Waals surface area contributed by atoms with Gasteiger partial charge in [0, 0.05) is 25.5 Å². The van der Waals surface area contributed by atoms with Gasteiger partial charge in [0.25, 0.3) is 11.8 Å². The molecule has 3 amide bonds. The zero-order valence-corrected chi connectivity index (χ0v) is 19.7. The van der Waals surface area contributed by atoms with E-state index in [1.807, 2.05) is 20.8 Å². The number of aromatic nitrogens is 5. The number of fused-ring (bicyclic) bond motifs is 1. The van der Waals surface area contributed by atoms with Crippen LogP contribution in [-0.4, -0.2) is 65.9 Å². The summed E-state index contributed by atoms with van der Waals surface area (Å²) in [6, 6.07) is 1.46. The van der Waals surface area contributed by atoms with Gasteiger partial charge in [0.2, 0.25) is 0 Å².